The predicted octanol–water partition coefficient (Wildman–Crippen LogP) is 4.03. The van der Waals surface area contributed by atoms with Gasteiger partial charge in [-0.3, -0.25) is 4.79 Å². The van der Waals surface area contributed by atoms with E-state index in [2.05, 4.69) is 30.3 Å². The number of amides is 1. The second-order valence-electron chi connectivity index (χ2n) is 6.80. The summed E-state index contributed by atoms with van der Waals surface area (Å²) in [5, 5.41) is 0. The number of hydrogen-bond acceptors (Lipinski definition) is 2. The zero-order valence-corrected chi connectivity index (χ0v) is 13.9. The highest BCUT2D eigenvalue weighted by atomic mass is 16.5. The van der Waals surface area contributed by atoms with Crippen molar-refractivity contribution >= 4 is 5.91 Å². The molecule has 3 heteroatoms. The van der Waals surface area contributed by atoms with E-state index in [0.29, 0.717) is 12.5 Å². The number of hydrogen-bond donors (Lipinski definition) is 0. The first-order chi connectivity index (χ1) is 11.8. The molecule has 0 spiro atoms. The molecule has 0 aromatic heterocycles. The maximum Gasteiger partial charge on any atom is 0.253 e. The summed E-state index contributed by atoms with van der Waals surface area (Å²) in [6.07, 6.45) is 4.45. The van der Waals surface area contributed by atoms with Crippen LogP contribution in [0.4, 0.5) is 0 Å². The number of carbonyl (C=O) groups is 1. The molecule has 1 saturated heterocycles. The van der Waals surface area contributed by atoms with Crippen molar-refractivity contribution in [3.63, 3.8) is 0 Å². The Morgan fingerprint density at radius 1 is 1.04 bits per heavy atom. The van der Waals surface area contributed by atoms with Crippen molar-refractivity contribution in [1.82, 2.24) is 4.90 Å². The maximum absolute atomic E-state index is 12.6. The van der Waals surface area contributed by atoms with Crippen molar-refractivity contribution < 1.29 is 9.53 Å². The number of rotatable bonds is 3. The number of nitrogens with zero attached hydrogens (tertiary/aromatic N) is 1. The van der Waals surface area contributed by atoms with Gasteiger partial charge in [-0.05, 0) is 43.4 Å². The molecule has 3 nitrogen and oxygen atoms in total. The largest absolute Gasteiger partial charge is 0.493 e. The summed E-state index contributed by atoms with van der Waals surface area (Å²) in [5.74, 6) is 1.41. The van der Waals surface area contributed by atoms with Crippen LogP contribution in [-0.4, -0.2) is 30.5 Å². The van der Waals surface area contributed by atoms with E-state index < -0.39 is 0 Å². The zero-order chi connectivity index (χ0) is 16.4. The molecule has 2 aliphatic rings. The van der Waals surface area contributed by atoms with Gasteiger partial charge in [0.05, 0.1) is 6.61 Å². The first kappa shape index (κ1) is 15.3. The Bertz CT molecular complexity index is 720. The Morgan fingerprint density at radius 3 is 2.62 bits per heavy atom. The fourth-order valence-corrected chi connectivity index (χ4v) is 3.76. The van der Waals surface area contributed by atoms with Gasteiger partial charge in [-0.2, -0.15) is 0 Å². The first-order valence-corrected chi connectivity index (χ1v) is 8.91. The highest BCUT2D eigenvalue weighted by molar-refractivity contribution is 5.94. The summed E-state index contributed by atoms with van der Waals surface area (Å²) in [6.45, 7) is 2.46. The second kappa shape index (κ2) is 6.68. The molecule has 0 N–H and O–H groups in total. The molecule has 1 fully saturated rings. The van der Waals surface area contributed by atoms with E-state index in [4.69, 9.17) is 4.74 Å². The van der Waals surface area contributed by atoms with E-state index in [0.717, 1.165) is 43.7 Å². The fraction of sp³-hybridized carbons (Fsp3) is 0.381. The van der Waals surface area contributed by atoms with Crippen LogP contribution < -0.4 is 4.74 Å². The molecular formula is C21H23NO2. The molecule has 0 bridgehead atoms. The molecule has 0 radical (unpaired) electrons. The summed E-state index contributed by atoms with van der Waals surface area (Å²) in [4.78, 5) is 14.6. The lowest BCUT2D eigenvalue weighted by Gasteiger charge is -2.26. The molecule has 1 unspecified atom stereocenters. The first-order valence-electron chi connectivity index (χ1n) is 8.91. The van der Waals surface area contributed by atoms with Crippen molar-refractivity contribution in [1.29, 1.82) is 0 Å². The molecular weight excluding hydrogens is 298 g/mol. The molecule has 124 valence electrons. The molecule has 24 heavy (non-hydrogen) atoms. The third kappa shape index (κ3) is 3.03. The molecule has 2 aliphatic heterocycles. The quantitative estimate of drug-likeness (QED) is 0.854. The summed E-state index contributed by atoms with van der Waals surface area (Å²) in [5.41, 5.74) is 3.32. The monoisotopic (exact) mass is 321 g/mol. The maximum atomic E-state index is 12.6. The molecule has 4 rings (SSSR count). The Hall–Kier alpha value is -2.29. The van der Waals surface area contributed by atoms with Gasteiger partial charge in [0.15, 0.2) is 0 Å². The number of likely N-dealkylation sites (tertiary alicyclic amines) is 1. The van der Waals surface area contributed by atoms with Gasteiger partial charge < -0.3 is 9.64 Å². The lowest BCUT2D eigenvalue weighted by Crippen LogP contribution is -2.35. The highest BCUT2D eigenvalue weighted by Gasteiger charge is 2.26. The third-order valence-electron chi connectivity index (χ3n) is 5.11. The van der Waals surface area contributed by atoms with E-state index in [1.807, 2.05) is 23.1 Å². The third-order valence-corrected chi connectivity index (χ3v) is 5.11. The van der Waals surface area contributed by atoms with Gasteiger partial charge in [-0.25, -0.2) is 0 Å². The van der Waals surface area contributed by atoms with Crippen LogP contribution in [0.1, 0.15) is 46.7 Å². The molecule has 2 heterocycles. The van der Waals surface area contributed by atoms with Crippen LogP contribution in [-0.2, 0) is 6.42 Å². The molecule has 1 atom stereocenters. The average Bonchev–Trinajstić information content (AvgIpc) is 3.05. The van der Waals surface area contributed by atoms with E-state index in [1.54, 1.807) is 0 Å². The Labute approximate surface area is 143 Å². The van der Waals surface area contributed by atoms with Crippen LogP contribution >= 0.6 is 0 Å². The van der Waals surface area contributed by atoms with Gasteiger partial charge in [0.1, 0.15) is 5.75 Å². The molecule has 2 aromatic rings. The second-order valence-corrected chi connectivity index (χ2v) is 6.80. The van der Waals surface area contributed by atoms with E-state index in [9.17, 15) is 4.79 Å². The van der Waals surface area contributed by atoms with Crippen LogP contribution in [0, 0.1) is 0 Å². The number of fused-ring (bicyclic) bond motifs is 1. The number of carbonyl (C=O) groups excluding carboxylic acids is 1. The fourth-order valence-electron chi connectivity index (χ4n) is 3.76. The van der Waals surface area contributed by atoms with Crippen LogP contribution in [0.2, 0.25) is 0 Å². The summed E-state index contributed by atoms with van der Waals surface area (Å²) >= 11 is 0. The van der Waals surface area contributed by atoms with Gasteiger partial charge in [0, 0.05) is 30.1 Å². The van der Waals surface area contributed by atoms with Crippen molar-refractivity contribution in [2.45, 2.75) is 31.6 Å². The van der Waals surface area contributed by atoms with Gasteiger partial charge >= 0.3 is 0 Å². The number of ether oxygens (including phenoxy) is 1. The molecule has 0 aliphatic carbocycles. The van der Waals surface area contributed by atoms with Crippen molar-refractivity contribution in [2.75, 3.05) is 19.7 Å². The van der Waals surface area contributed by atoms with Crippen molar-refractivity contribution in [3.8, 4) is 5.75 Å². The average molecular weight is 321 g/mol. The summed E-state index contributed by atoms with van der Waals surface area (Å²) < 4.78 is 5.89. The van der Waals surface area contributed by atoms with Crippen LogP contribution in [0.15, 0.2) is 48.5 Å². The topological polar surface area (TPSA) is 29.5 Å². The minimum absolute atomic E-state index is 0.146. The van der Waals surface area contributed by atoms with Crippen molar-refractivity contribution in [3.05, 3.63) is 65.2 Å². The molecule has 1 amide bonds. The number of piperidine rings is 1. The van der Waals surface area contributed by atoms with E-state index >= 15 is 0 Å². The van der Waals surface area contributed by atoms with Crippen molar-refractivity contribution in [2.24, 2.45) is 0 Å². The highest BCUT2D eigenvalue weighted by Crippen LogP contribution is 2.36. The van der Waals surface area contributed by atoms with Gasteiger partial charge in [0.2, 0.25) is 0 Å². The van der Waals surface area contributed by atoms with Crippen LogP contribution in [0.3, 0.4) is 0 Å². The smallest absolute Gasteiger partial charge is 0.253 e. The van der Waals surface area contributed by atoms with Gasteiger partial charge in [0.25, 0.3) is 5.91 Å². The molecule has 2 aromatic carbocycles. The van der Waals surface area contributed by atoms with Crippen LogP contribution in [0.5, 0.6) is 5.75 Å². The normalized spacial score (nSPS) is 19.7. The van der Waals surface area contributed by atoms with Gasteiger partial charge in [-0.1, -0.05) is 36.4 Å². The lowest BCUT2D eigenvalue weighted by atomic mass is 9.93. The zero-order valence-electron chi connectivity index (χ0n) is 13.9. The minimum atomic E-state index is 0.146. The van der Waals surface area contributed by atoms with E-state index in [1.165, 1.54) is 17.5 Å². The Balaban J connectivity index is 1.51. The standard InChI is InChI=1S/C21H23NO2/c23-21(22-11-5-2-6-12-22)17-9-10-19-18(15-24-20(19)14-17)13-16-7-3-1-4-8-16/h1,3-4,7-10,14,18H,2,5-6,11-13,15H2. The van der Waals surface area contributed by atoms with Crippen LogP contribution in [0.25, 0.3) is 0 Å². The predicted molar refractivity (Wildman–Crippen MR) is 94.6 cm³/mol. The lowest BCUT2D eigenvalue weighted by molar-refractivity contribution is 0.0724. The Kier molecular flexibility index (Phi) is 4.24. The summed E-state index contributed by atoms with van der Waals surface area (Å²) in [6, 6.07) is 16.5. The number of benzene rings is 2. The summed E-state index contributed by atoms with van der Waals surface area (Å²) in [7, 11) is 0. The van der Waals surface area contributed by atoms with E-state index in [-0.39, 0.29) is 5.91 Å². The molecule has 0 saturated carbocycles. The SMILES string of the molecule is O=C(c1ccc2c(c1)OCC2Cc1ccccc1)N1CCCCC1. The Morgan fingerprint density at radius 2 is 1.83 bits per heavy atom. The van der Waals surface area contributed by atoms with Gasteiger partial charge in [-0.15, -0.1) is 0 Å². The minimum Gasteiger partial charge on any atom is -0.493 e.